The monoisotopic (exact) mass is 294 g/mol. The minimum atomic E-state index is 0.0931. The highest BCUT2D eigenvalue weighted by molar-refractivity contribution is 9.09. The summed E-state index contributed by atoms with van der Waals surface area (Å²) in [5.74, 6) is 0. The fraction of sp³-hybridized carbons (Fsp3) is 1.00. The maximum absolute atomic E-state index is 5.94. The van der Waals surface area contributed by atoms with Crippen molar-refractivity contribution in [1.29, 1.82) is 0 Å². The number of alkyl halides is 1. The largest absolute Gasteiger partial charge is 0.385 e. The number of hydrogen-bond donors (Lipinski definition) is 0. The van der Waals surface area contributed by atoms with Crippen LogP contribution in [0.1, 0.15) is 32.1 Å². The zero-order valence-electron chi connectivity index (χ0n) is 10.2. The fourth-order valence-corrected chi connectivity index (χ4v) is 2.78. The van der Waals surface area contributed by atoms with Crippen LogP contribution in [0.15, 0.2) is 0 Å². The highest BCUT2D eigenvalue weighted by Gasteiger charge is 2.33. The van der Waals surface area contributed by atoms with Gasteiger partial charge in [-0.2, -0.15) is 0 Å². The molecule has 0 spiro atoms. The first kappa shape index (κ1) is 14.4. The zero-order valence-corrected chi connectivity index (χ0v) is 11.8. The van der Waals surface area contributed by atoms with Crippen LogP contribution in [-0.2, 0) is 14.2 Å². The van der Waals surface area contributed by atoms with Crippen LogP contribution < -0.4 is 0 Å². The van der Waals surface area contributed by atoms with Crippen LogP contribution in [0.2, 0.25) is 0 Å². The molecule has 96 valence electrons. The van der Waals surface area contributed by atoms with Gasteiger partial charge in [-0.05, 0) is 19.3 Å². The topological polar surface area (TPSA) is 27.7 Å². The highest BCUT2D eigenvalue weighted by Crippen LogP contribution is 2.34. The quantitative estimate of drug-likeness (QED) is 0.483. The van der Waals surface area contributed by atoms with Crippen LogP contribution >= 0.6 is 15.9 Å². The third-order valence-electron chi connectivity index (χ3n) is 3.03. The Balaban J connectivity index is 1.97. The minimum Gasteiger partial charge on any atom is -0.385 e. The number of halogens is 1. The molecule has 16 heavy (non-hydrogen) atoms. The molecule has 0 aromatic rings. The van der Waals surface area contributed by atoms with Gasteiger partial charge in [-0.15, -0.1) is 0 Å². The molecule has 1 rings (SSSR count). The first-order valence-electron chi connectivity index (χ1n) is 6.09. The maximum atomic E-state index is 5.94. The van der Waals surface area contributed by atoms with Gasteiger partial charge in [0.2, 0.25) is 0 Å². The Morgan fingerprint density at radius 2 is 1.81 bits per heavy atom. The average Bonchev–Trinajstić information content (AvgIpc) is 2.77. The number of ether oxygens (including phenoxy) is 3. The predicted octanol–water partition coefficient (Wildman–Crippen LogP) is 2.76. The summed E-state index contributed by atoms with van der Waals surface area (Å²) in [6.07, 6.45) is 5.91. The first-order valence-corrected chi connectivity index (χ1v) is 7.22. The summed E-state index contributed by atoms with van der Waals surface area (Å²) in [6, 6.07) is 0. The van der Waals surface area contributed by atoms with Crippen LogP contribution in [0, 0.1) is 0 Å². The van der Waals surface area contributed by atoms with Crippen LogP contribution in [-0.4, -0.2) is 44.5 Å². The minimum absolute atomic E-state index is 0.0931. The van der Waals surface area contributed by atoms with Crippen molar-refractivity contribution in [3.05, 3.63) is 0 Å². The van der Waals surface area contributed by atoms with Gasteiger partial charge in [0.25, 0.3) is 0 Å². The zero-order chi connectivity index (χ0) is 11.7. The molecule has 0 aliphatic heterocycles. The van der Waals surface area contributed by atoms with Crippen molar-refractivity contribution in [2.45, 2.75) is 37.7 Å². The van der Waals surface area contributed by atoms with Gasteiger partial charge in [0.05, 0.1) is 18.8 Å². The lowest BCUT2D eigenvalue weighted by molar-refractivity contribution is -0.0499. The Bertz CT molecular complexity index is 170. The molecule has 0 heterocycles. The van der Waals surface area contributed by atoms with E-state index in [9.17, 15) is 0 Å². The molecular formula is C12H23BrO3. The number of hydrogen-bond acceptors (Lipinski definition) is 3. The molecule has 0 saturated heterocycles. The van der Waals surface area contributed by atoms with E-state index in [0.717, 1.165) is 25.0 Å². The standard InChI is InChI=1S/C12H23BrO3/c1-14-7-4-8-15-9-10-16-12(11-13)5-2-3-6-12/h2-11H2,1H3. The van der Waals surface area contributed by atoms with Crippen molar-refractivity contribution < 1.29 is 14.2 Å². The Kier molecular flexibility index (Phi) is 7.62. The summed E-state index contributed by atoms with van der Waals surface area (Å²) >= 11 is 3.55. The van der Waals surface area contributed by atoms with Gasteiger partial charge in [0.1, 0.15) is 0 Å². The van der Waals surface area contributed by atoms with Crippen LogP contribution in [0.3, 0.4) is 0 Å². The van der Waals surface area contributed by atoms with E-state index in [-0.39, 0.29) is 5.60 Å². The second kappa shape index (κ2) is 8.45. The van der Waals surface area contributed by atoms with Gasteiger partial charge in [0.15, 0.2) is 0 Å². The number of methoxy groups -OCH3 is 1. The SMILES string of the molecule is COCCCOCCOC1(CBr)CCCC1. The van der Waals surface area contributed by atoms with Crippen LogP contribution in [0.4, 0.5) is 0 Å². The van der Waals surface area contributed by atoms with E-state index in [1.807, 2.05) is 0 Å². The van der Waals surface area contributed by atoms with Crippen molar-refractivity contribution in [1.82, 2.24) is 0 Å². The van der Waals surface area contributed by atoms with Crippen molar-refractivity contribution in [2.75, 3.05) is 38.9 Å². The van der Waals surface area contributed by atoms with E-state index < -0.39 is 0 Å². The molecule has 0 N–H and O–H groups in total. The molecule has 1 fully saturated rings. The van der Waals surface area contributed by atoms with E-state index in [1.54, 1.807) is 7.11 Å². The van der Waals surface area contributed by atoms with Gasteiger partial charge < -0.3 is 14.2 Å². The van der Waals surface area contributed by atoms with Gasteiger partial charge in [-0.3, -0.25) is 0 Å². The van der Waals surface area contributed by atoms with Gasteiger partial charge >= 0.3 is 0 Å². The molecule has 1 aliphatic carbocycles. The second-order valence-corrected chi connectivity index (χ2v) is 4.89. The van der Waals surface area contributed by atoms with Crippen LogP contribution in [0.25, 0.3) is 0 Å². The normalized spacial score (nSPS) is 19.1. The Morgan fingerprint density at radius 3 is 2.44 bits per heavy atom. The van der Waals surface area contributed by atoms with Crippen molar-refractivity contribution in [3.8, 4) is 0 Å². The van der Waals surface area contributed by atoms with Gasteiger partial charge in [0, 0.05) is 25.7 Å². The fourth-order valence-electron chi connectivity index (χ4n) is 2.06. The van der Waals surface area contributed by atoms with E-state index in [4.69, 9.17) is 14.2 Å². The van der Waals surface area contributed by atoms with Crippen LogP contribution in [0.5, 0.6) is 0 Å². The Labute approximate surface area is 107 Å². The second-order valence-electron chi connectivity index (χ2n) is 4.33. The molecule has 1 saturated carbocycles. The van der Waals surface area contributed by atoms with Crippen molar-refractivity contribution >= 4 is 15.9 Å². The van der Waals surface area contributed by atoms with Crippen molar-refractivity contribution in [2.24, 2.45) is 0 Å². The van der Waals surface area contributed by atoms with E-state index in [2.05, 4.69) is 15.9 Å². The molecule has 0 unspecified atom stereocenters. The van der Waals surface area contributed by atoms with E-state index in [1.165, 1.54) is 25.7 Å². The molecule has 0 aromatic heterocycles. The van der Waals surface area contributed by atoms with Crippen molar-refractivity contribution in [3.63, 3.8) is 0 Å². The van der Waals surface area contributed by atoms with E-state index in [0.29, 0.717) is 13.2 Å². The Hall–Kier alpha value is 0.360. The summed E-state index contributed by atoms with van der Waals surface area (Å²) in [7, 11) is 1.71. The average molecular weight is 295 g/mol. The molecule has 0 aromatic carbocycles. The third-order valence-corrected chi connectivity index (χ3v) is 4.05. The molecule has 0 atom stereocenters. The first-order chi connectivity index (χ1) is 7.83. The molecule has 0 bridgehead atoms. The van der Waals surface area contributed by atoms with E-state index >= 15 is 0 Å². The lowest BCUT2D eigenvalue weighted by Crippen LogP contribution is -2.32. The molecule has 3 nitrogen and oxygen atoms in total. The molecule has 0 radical (unpaired) electrons. The summed E-state index contributed by atoms with van der Waals surface area (Å²) in [5, 5.41) is 0.948. The third kappa shape index (κ3) is 5.13. The number of rotatable bonds is 9. The lowest BCUT2D eigenvalue weighted by Gasteiger charge is -2.27. The maximum Gasteiger partial charge on any atom is 0.0780 e. The summed E-state index contributed by atoms with van der Waals surface area (Å²) in [4.78, 5) is 0. The summed E-state index contributed by atoms with van der Waals surface area (Å²) in [6.45, 7) is 2.93. The molecule has 1 aliphatic rings. The lowest BCUT2D eigenvalue weighted by atomic mass is 10.1. The molecular weight excluding hydrogens is 272 g/mol. The predicted molar refractivity (Wildman–Crippen MR) is 68.3 cm³/mol. The summed E-state index contributed by atoms with van der Waals surface area (Å²) in [5.41, 5.74) is 0.0931. The van der Waals surface area contributed by atoms with Gasteiger partial charge in [-0.1, -0.05) is 28.8 Å². The molecule has 0 amide bonds. The summed E-state index contributed by atoms with van der Waals surface area (Å²) < 4.78 is 16.4. The molecule has 4 heteroatoms. The highest BCUT2D eigenvalue weighted by atomic mass is 79.9. The Morgan fingerprint density at radius 1 is 1.06 bits per heavy atom. The van der Waals surface area contributed by atoms with Gasteiger partial charge in [-0.25, -0.2) is 0 Å². The smallest absolute Gasteiger partial charge is 0.0780 e.